The molecule has 3 saturated carbocycles. The monoisotopic (exact) mass is 426 g/mol. The summed E-state index contributed by atoms with van der Waals surface area (Å²) in [5, 5.41) is 0. The average Bonchev–Trinajstić information content (AvgIpc) is 2.96. The van der Waals surface area contributed by atoms with Gasteiger partial charge in [-0.25, -0.2) is 0 Å². The number of carbonyl (C=O) groups is 2. The fraction of sp³-hybridized carbons (Fsp3) is 0.862. The Morgan fingerprint density at radius 2 is 1.74 bits per heavy atom. The largest absolute Gasteiger partial charge is 0.299 e. The molecule has 31 heavy (non-hydrogen) atoms. The summed E-state index contributed by atoms with van der Waals surface area (Å²) in [7, 11) is 0. The molecule has 174 valence electrons. The van der Waals surface area contributed by atoms with Crippen molar-refractivity contribution in [2.45, 2.75) is 106 Å². The summed E-state index contributed by atoms with van der Waals surface area (Å²) in [6, 6.07) is 0. The molecular weight excluding hydrogens is 380 g/mol. The fourth-order valence-electron chi connectivity index (χ4n) is 8.96. The van der Waals surface area contributed by atoms with E-state index in [0.717, 1.165) is 25.2 Å². The summed E-state index contributed by atoms with van der Waals surface area (Å²) in [5.74, 6) is 4.22. The number of Topliss-reactive ketones (excluding diaryl/α,β-unsaturated/α-hetero) is 2. The van der Waals surface area contributed by atoms with Gasteiger partial charge in [-0.1, -0.05) is 65.5 Å². The van der Waals surface area contributed by atoms with Crippen molar-refractivity contribution in [3.8, 4) is 0 Å². The second-order valence-electron chi connectivity index (χ2n) is 13.2. The van der Waals surface area contributed by atoms with Crippen LogP contribution in [-0.2, 0) is 9.59 Å². The molecule has 0 unspecified atom stereocenters. The highest BCUT2D eigenvalue weighted by Gasteiger charge is 2.63. The van der Waals surface area contributed by atoms with E-state index >= 15 is 0 Å². The van der Waals surface area contributed by atoms with Crippen LogP contribution in [0.3, 0.4) is 0 Å². The van der Waals surface area contributed by atoms with Gasteiger partial charge in [0.25, 0.3) is 0 Å². The van der Waals surface area contributed by atoms with Crippen LogP contribution in [0.25, 0.3) is 0 Å². The van der Waals surface area contributed by atoms with Crippen LogP contribution >= 0.6 is 0 Å². The molecule has 0 aromatic heterocycles. The van der Waals surface area contributed by atoms with Crippen LogP contribution < -0.4 is 0 Å². The van der Waals surface area contributed by atoms with E-state index in [1.165, 1.54) is 37.7 Å². The van der Waals surface area contributed by atoms with E-state index < -0.39 is 0 Å². The highest BCUT2D eigenvalue weighted by molar-refractivity contribution is 5.89. The van der Waals surface area contributed by atoms with Gasteiger partial charge in [-0.2, -0.15) is 0 Å². The van der Waals surface area contributed by atoms with E-state index in [9.17, 15) is 9.59 Å². The Balaban J connectivity index is 1.60. The van der Waals surface area contributed by atoms with Gasteiger partial charge in [-0.15, -0.1) is 0 Å². The zero-order valence-corrected chi connectivity index (χ0v) is 21.2. The molecule has 0 aromatic carbocycles. The minimum Gasteiger partial charge on any atom is -0.299 e. The van der Waals surface area contributed by atoms with Crippen molar-refractivity contribution in [2.75, 3.05) is 0 Å². The number of hydrogen-bond acceptors (Lipinski definition) is 2. The molecule has 0 N–H and O–H groups in total. The Labute approximate surface area is 191 Å². The van der Waals surface area contributed by atoms with E-state index in [-0.39, 0.29) is 22.2 Å². The number of ketones is 2. The van der Waals surface area contributed by atoms with Crippen LogP contribution in [0.5, 0.6) is 0 Å². The molecule has 0 aromatic rings. The lowest BCUT2D eigenvalue weighted by atomic mass is 9.44. The molecule has 0 amide bonds. The molecular formula is C29H46O2. The van der Waals surface area contributed by atoms with Gasteiger partial charge in [0.1, 0.15) is 11.6 Å². The number of rotatable bonds is 5. The minimum absolute atomic E-state index is 0.100. The van der Waals surface area contributed by atoms with Crippen molar-refractivity contribution in [1.82, 2.24) is 0 Å². The van der Waals surface area contributed by atoms with Gasteiger partial charge in [0, 0.05) is 24.2 Å². The molecule has 0 radical (unpaired) electrons. The molecule has 0 spiro atoms. The Bertz CT molecular complexity index is 774. The average molecular weight is 427 g/mol. The number of allylic oxidation sites excluding steroid dienone is 2. The van der Waals surface area contributed by atoms with Gasteiger partial charge in [0.05, 0.1) is 0 Å². The molecule has 2 heteroatoms. The fourth-order valence-corrected chi connectivity index (χ4v) is 8.96. The summed E-state index contributed by atoms with van der Waals surface area (Å²) in [4.78, 5) is 26.2. The lowest BCUT2D eigenvalue weighted by Crippen LogP contribution is -2.54. The topological polar surface area (TPSA) is 34.1 Å². The highest BCUT2D eigenvalue weighted by atomic mass is 16.1. The Hall–Kier alpha value is -0.920. The van der Waals surface area contributed by atoms with E-state index in [1.807, 2.05) is 0 Å². The molecule has 0 heterocycles. The molecule has 4 rings (SSSR count). The number of hydrogen-bond donors (Lipinski definition) is 0. The molecule has 0 bridgehead atoms. The van der Waals surface area contributed by atoms with Crippen molar-refractivity contribution in [3.05, 3.63) is 11.6 Å². The van der Waals surface area contributed by atoms with Gasteiger partial charge in [-0.3, -0.25) is 9.59 Å². The third-order valence-corrected chi connectivity index (χ3v) is 10.7. The quantitative estimate of drug-likeness (QED) is 0.429. The molecule has 0 aliphatic heterocycles. The first-order valence-corrected chi connectivity index (χ1v) is 13.2. The van der Waals surface area contributed by atoms with Crippen LogP contribution in [0.15, 0.2) is 11.6 Å². The van der Waals surface area contributed by atoms with Gasteiger partial charge in [0.2, 0.25) is 0 Å². The van der Waals surface area contributed by atoms with Crippen molar-refractivity contribution in [2.24, 2.45) is 51.8 Å². The first-order valence-electron chi connectivity index (χ1n) is 13.2. The predicted octanol–water partition coefficient (Wildman–Crippen LogP) is 7.41. The van der Waals surface area contributed by atoms with Gasteiger partial charge >= 0.3 is 0 Å². The summed E-state index contributed by atoms with van der Waals surface area (Å²) >= 11 is 0. The summed E-state index contributed by atoms with van der Waals surface area (Å²) in [6.07, 6.45) is 12.2. The second-order valence-corrected chi connectivity index (χ2v) is 13.2. The van der Waals surface area contributed by atoms with Crippen LogP contribution in [-0.4, -0.2) is 11.6 Å². The summed E-state index contributed by atoms with van der Waals surface area (Å²) < 4.78 is 0. The zero-order chi connectivity index (χ0) is 22.8. The Kier molecular flexibility index (Phi) is 5.88. The number of carbonyl (C=O) groups excluding carboxylic acids is 2. The van der Waals surface area contributed by atoms with Crippen LogP contribution in [0.4, 0.5) is 0 Å². The van der Waals surface area contributed by atoms with E-state index in [0.29, 0.717) is 41.7 Å². The maximum Gasteiger partial charge on any atom is 0.142 e. The van der Waals surface area contributed by atoms with E-state index in [1.54, 1.807) is 0 Å². The first kappa shape index (κ1) is 23.2. The van der Waals surface area contributed by atoms with Crippen molar-refractivity contribution >= 4 is 11.6 Å². The van der Waals surface area contributed by atoms with Crippen LogP contribution in [0, 0.1) is 51.8 Å². The normalized spacial score (nSPS) is 42.6. The molecule has 4 aliphatic rings. The molecule has 0 saturated heterocycles. The maximum atomic E-state index is 13.5. The smallest absolute Gasteiger partial charge is 0.142 e. The standard InChI is InChI=1S/C29H46O2/c1-18(2)9-8-10-19(3)22-17-23(30)26-20-11-12-24-27(4,5)25(31)14-16-28(24,6)21(20)13-15-29(22,26)7/h12,18-22,26H,8-11,13-17H2,1-7H3/t19-,20-,21+,22-,26-,28-,29-/m1/s1. The molecule has 3 fully saturated rings. The maximum absolute atomic E-state index is 13.5. The lowest BCUT2D eigenvalue weighted by Gasteiger charge is -2.59. The summed E-state index contributed by atoms with van der Waals surface area (Å²) in [6.45, 7) is 16.2. The zero-order valence-electron chi connectivity index (χ0n) is 21.2. The van der Waals surface area contributed by atoms with Gasteiger partial charge in [-0.05, 0) is 80.0 Å². The highest BCUT2D eigenvalue weighted by Crippen LogP contribution is 2.67. The Morgan fingerprint density at radius 3 is 2.42 bits per heavy atom. The van der Waals surface area contributed by atoms with Gasteiger partial charge in [0.15, 0.2) is 0 Å². The molecule has 4 aliphatic carbocycles. The van der Waals surface area contributed by atoms with E-state index in [2.05, 4.69) is 54.5 Å². The third kappa shape index (κ3) is 3.50. The first-order chi connectivity index (χ1) is 14.4. The number of fused-ring (bicyclic) bond motifs is 5. The minimum atomic E-state index is -0.328. The van der Waals surface area contributed by atoms with Gasteiger partial charge < -0.3 is 0 Å². The van der Waals surface area contributed by atoms with Crippen molar-refractivity contribution < 1.29 is 9.59 Å². The second kappa shape index (κ2) is 7.84. The molecule has 2 nitrogen and oxygen atoms in total. The summed E-state index contributed by atoms with van der Waals surface area (Å²) in [5.41, 5.74) is 1.34. The SMILES string of the molecule is CC(C)CCC[C@@H](C)[C@H]1CC(=O)[C@H]2[C@@H]3CC=C4C(C)(C)C(=O)CC[C@]4(C)[C@H]3CC[C@]12C. The van der Waals surface area contributed by atoms with Crippen molar-refractivity contribution in [1.29, 1.82) is 0 Å². The third-order valence-electron chi connectivity index (χ3n) is 10.7. The molecule has 7 atom stereocenters. The van der Waals surface area contributed by atoms with Crippen LogP contribution in [0.1, 0.15) is 106 Å². The Morgan fingerprint density at radius 1 is 1.03 bits per heavy atom. The van der Waals surface area contributed by atoms with E-state index in [4.69, 9.17) is 0 Å². The predicted molar refractivity (Wildman–Crippen MR) is 128 cm³/mol. The van der Waals surface area contributed by atoms with Crippen LogP contribution in [0.2, 0.25) is 0 Å². The lowest BCUT2D eigenvalue weighted by molar-refractivity contribution is -0.136. The van der Waals surface area contributed by atoms with Crippen molar-refractivity contribution in [3.63, 3.8) is 0 Å².